The Bertz CT molecular complexity index is 1730. The summed E-state index contributed by atoms with van der Waals surface area (Å²) in [6.45, 7) is 9.07. The van der Waals surface area contributed by atoms with Gasteiger partial charge in [0.15, 0.2) is 0 Å². The van der Waals surface area contributed by atoms with Crippen LogP contribution in [0.3, 0.4) is 0 Å². The van der Waals surface area contributed by atoms with E-state index in [1.807, 2.05) is 73.7 Å². The number of ether oxygens (including phenoxy) is 4. The molecule has 7 heteroatoms. The molecule has 0 saturated carbocycles. The molecule has 0 amide bonds. The lowest BCUT2D eigenvalue weighted by Gasteiger charge is -2.13. The molecule has 0 bridgehead atoms. The number of fused-ring (bicyclic) bond motifs is 1. The first-order valence-corrected chi connectivity index (χ1v) is 19.4. The van der Waals surface area contributed by atoms with Crippen molar-refractivity contribution < 1.29 is 33.3 Å². The zero-order valence-corrected chi connectivity index (χ0v) is 31.6. The van der Waals surface area contributed by atoms with Crippen LogP contribution in [0.25, 0.3) is 21.9 Å². The lowest BCUT2D eigenvalue weighted by atomic mass is 9.98. The molecule has 0 aliphatic rings. The van der Waals surface area contributed by atoms with Gasteiger partial charge in [0, 0.05) is 6.08 Å². The number of carbonyl (C=O) groups is 3. The monoisotopic (exact) mass is 720 g/mol. The Labute approximate surface area is 315 Å². The molecule has 0 aromatic heterocycles. The molecule has 7 nitrogen and oxygen atoms in total. The van der Waals surface area contributed by atoms with Crippen LogP contribution in [0.5, 0.6) is 11.5 Å². The summed E-state index contributed by atoms with van der Waals surface area (Å²) in [6, 6.07) is 26.8. The molecule has 0 N–H and O–H groups in total. The molecule has 282 valence electrons. The molecule has 4 rings (SSSR count). The maximum atomic E-state index is 13.0. The maximum absolute atomic E-state index is 13.0. The summed E-state index contributed by atoms with van der Waals surface area (Å²) in [5.41, 5.74) is 3.40. The Balaban J connectivity index is 1.14. The van der Waals surface area contributed by atoms with E-state index in [2.05, 4.69) is 13.5 Å². The third-order valence-electron chi connectivity index (χ3n) is 9.42. The minimum absolute atomic E-state index is 0.209. The minimum atomic E-state index is -0.424. The van der Waals surface area contributed by atoms with E-state index in [0.717, 1.165) is 84.6 Å². The van der Waals surface area contributed by atoms with Crippen molar-refractivity contribution in [2.24, 2.45) is 0 Å². The molecular formula is C46H56O7. The lowest BCUT2D eigenvalue weighted by molar-refractivity contribution is -0.145. The van der Waals surface area contributed by atoms with Crippen molar-refractivity contribution in [1.29, 1.82) is 0 Å². The molecule has 53 heavy (non-hydrogen) atoms. The van der Waals surface area contributed by atoms with Crippen LogP contribution in [-0.4, -0.2) is 37.7 Å². The molecule has 0 saturated heterocycles. The molecule has 4 aromatic carbocycles. The third kappa shape index (κ3) is 14.2. The first-order valence-electron chi connectivity index (χ1n) is 19.4. The highest BCUT2D eigenvalue weighted by atomic mass is 16.5. The average molecular weight is 721 g/mol. The van der Waals surface area contributed by atoms with Gasteiger partial charge in [0.25, 0.3) is 0 Å². The summed E-state index contributed by atoms with van der Waals surface area (Å²) in [4.78, 5) is 36.6. The molecule has 0 fully saturated rings. The van der Waals surface area contributed by atoms with E-state index >= 15 is 0 Å². The molecule has 1 unspecified atom stereocenters. The van der Waals surface area contributed by atoms with Crippen molar-refractivity contribution in [3.8, 4) is 22.6 Å². The fraction of sp³-hybridized carbons (Fsp3) is 0.413. The number of hydrogen-bond donors (Lipinski definition) is 0. The smallest absolute Gasteiger partial charge is 0.343 e. The summed E-state index contributed by atoms with van der Waals surface area (Å²) in [7, 11) is 0. The van der Waals surface area contributed by atoms with Crippen LogP contribution in [0.1, 0.15) is 119 Å². The van der Waals surface area contributed by atoms with E-state index in [1.54, 1.807) is 18.2 Å². The van der Waals surface area contributed by atoms with Gasteiger partial charge >= 0.3 is 17.9 Å². The van der Waals surface area contributed by atoms with Gasteiger partial charge in [-0.25, -0.2) is 9.59 Å². The Kier molecular flexibility index (Phi) is 17.7. The zero-order valence-electron chi connectivity index (χ0n) is 31.6. The van der Waals surface area contributed by atoms with Gasteiger partial charge in [-0.2, -0.15) is 0 Å². The van der Waals surface area contributed by atoms with Crippen molar-refractivity contribution >= 4 is 28.7 Å². The van der Waals surface area contributed by atoms with Gasteiger partial charge in [0.1, 0.15) is 11.5 Å². The minimum Gasteiger partial charge on any atom is -0.494 e. The second-order valence-corrected chi connectivity index (χ2v) is 13.6. The van der Waals surface area contributed by atoms with Crippen molar-refractivity contribution in [2.75, 3.05) is 19.8 Å². The first-order chi connectivity index (χ1) is 25.9. The predicted molar refractivity (Wildman–Crippen MR) is 213 cm³/mol. The number of benzene rings is 4. The number of unbranched alkanes of at least 4 members (excludes halogenated alkanes) is 11. The highest BCUT2D eigenvalue weighted by Gasteiger charge is 2.17. The lowest BCUT2D eigenvalue weighted by Crippen LogP contribution is -2.14. The SMILES string of the molecule is C=CC(=O)OCCCCCCCCCCCOc1ccc(-c2ccc(C(=O)Oc3ccc4cc(C(C)C(=O)OCCCCCC)ccc4c3)cc2)cc1. The van der Waals surface area contributed by atoms with Crippen LogP contribution in [0.15, 0.2) is 97.6 Å². The van der Waals surface area contributed by atoms with E-state index in [9.17, 15) is 14.4 Å². The molecule has 0 heterocycles. The standard InChI is InChI=1S/C46H56O7/c1-4-6-7-15-32-52-45(48)35(3)39-22-23-41-34-43(29-26-40(41)33-39)53-46(49)38-20-18-36(19-21-38)37-24-27-42(28-25-37)50-30-16-13-11-9-8-10-12-14-17-31-51-44(47)5-2/h5,18-29,33-35H,2,4,6-17,30-32H2,1,3H3. The Hall–Kier alpha value is -4.91. The van der Waals surface area contributed by atoms with Crippen LogP contribution < -0.4 is 9.47 Å². The molecule has 1 atom stereocenters. The molecule has 0 radical (unpaired) electrons. The Morgan fingerprint density at radius 2 is 1.13 bits per heavy atom. The topological polar surface area (TPSA) is 88.1 Å². The molecule has 4 aromatic rings. The van der Waals surface area contributed by atoms with Gasteiger partial charge in [-0.3, -0.25) is 4.79 Å². The Morgan fingerprint density at radius 3 is 1.77 bits per heavy atom. The number of esters is 3. The van der Waals surface area contributed by atoms with Crippen LogP contribution >= 0.6 is 0 Å². The molecule has 0 spiro atoms. The molecule has 0 aliphatic carbocycles. The fourth-order valence-electron chi connectivity index (χ4n) is 6.11. The summed E-state index contributed by atoms with van der Waals surface area (Å²) in [5.74, 6) is -0.0167. The van der Waals surface area contributed by atoms with E-state index in [0.29, 0.717) is 31.1 Å². The van der Waals surface area contributed by atoms with Crippen molar-refractivity contribution in [3.05, 3.63) is 109 Å². The van der Waals surface area contributed by atoms with Gasteiger partial charge in [0.2, 0.25) is 0 Å². The highest BCUT2D eigenvalue weighted by Crippen LogP contribution is 2.28. The maximum Gasteiger partial charge on any atom is 0.343 e. The summed E-state index contributed by atoms with van der Waals surface area (Å²) >= 11 is 0. The molecule has 0 aliphatic heterocycles. The van der Waals surface area contributed by atoms with Crippen molar-refractivity contribution in [1.82, 2.24) is 0 Å². The Morgan fingerprint density at radius 1 is 0.604 bits per heavy atom. The summed E-state index contributed by atoms with van der Waals surface area (Å²) < 4.78 is 22.2. The van der Waals surface area contributed by atoms with Crippen LogP contribution in [-0.2, 0) is 19.1 Å². The second-order valence-electron chi connectivity index (χ2n) is 13.6. The van der Waals surface area contributed by atoms with Crippen LogP contribution in [0, 0.1) is 0 Å². The van der Waals surface area contributed by atoms with E-state index in [4.69, 9.17) is 18.9 Å². The van der Waals surface area contributed by atoms with Crippen molar-refractivity contribution in [3.63, 3.8) is 0 Å². The van der Waals surface area contributed by atoms with Crippen LogP contribution in [0.4, 0.5) is 0 Å². The zero-order chi connectivity index (χ0) is 37.7. The predicted octanol–water partition coefficient (Wildman–Crippen LogP) is 11.6. The second kappa shape index (κ2) is 22.9. The normalized spacial score (nSPS) is 11.5. The van der Waals surface area contributed by atoms with E-state index in [-0.39, 0.29) is 17.9 Å². The third-order valence-corrected chi connectivity index (χ3v) is 9.42. The van der Waals surface area contributed by atoms with Crippen LogP contribution in [0.2, 0.25) is 0 Å². The van der Waals surface area contributed by atoms with Crippen molar-refractivity contribution in [2.45, 2.75) is 103 Å². The van der Waals surface area contributed by atoms with E-state index in [1.165, 1.54) is 38.2 Å². The van der Waals surface area contributed by atoms with E-state index < -0.39 is 5.97 Å². The van der Waals surface area contributed by atoms with Gasteiger partial charge in [-0.15, -0.1) is 0 Å². The average Bonchev–Trinajstić information content (AvgIpc) is 3.19. The summed E-state index contributed by atoms with van der Waals surface area (Å²) in [5, 5.41) is 1.88. The number of hydrogen-bond acceptors (Lipinski definition) is 7. The van der Waals surface area contributed by atoms with Gasteiger partial charge in [-0.05, 0) is 90.0 Å². The van der Waals surface area contributed by atoms with Gasteiger partial charge < -0.3 is 18.9 Å². The summed E-state index contributed by atoms with van der Waals surface area (Å²) in [6.07, 6.45) is 15.8. The largest absolute Gasteiger partial charge is 0.494 e. The highest BCUT2D eigenvalue weighted by molar-refractivity contribution is 5.93. The number of rotatable bonds is 24. The van der Waals surface area contributed by atoms with Gasteiger partial charge in [-0.1, -0.05) is 126 Å². The fourth-order valence-corrected chi connectivity index (χ4v) is 6.11. The first kappa shape index (κ1) is 40.9. The van der Waals surface area contributed by atoms with Gasteiger partial charge in [0.05, 0.1) is 31.3 Å². The number of carbonyl (C=O) groups excluding carboxylic acids is 3. The quantitative estimate of drug-likeness (QED) is 0.0308. The molecular weight excluding hydrogens is 664 g/mol.